The van der Waals surface area contributed by atoms with Crippen LogP contribution < -0.4 is 5.32 Å². The SMILES string of the molecule is CNc1nnc(S[Si](C)(C)C)s1.Cc1cc(C)nc(S[Si](C)(C)C)n1. The van der Waals surface area contributed by atoms with Crippen molar-refractivity contribution < 1.29 is 0 Å². The van der Waals surface area contributed by atoms with E-state index in [-0.39, 0.29) is 0 Å². The maximum atomic E-state index is 4.41. The summed E-state index contributed by atoms with van der Waals surface area (Å²) in [6, 6.07) is 2.01. The molecule has 140 valence electrons. The monoisotopic (exact) mass is 431 g/mol. The first-order valence-corrected chi connectivity index (χ1v) is 19.0. The van der Waals surface area contributed by atoms with E-state index in [9.17, 15) is 0 Å². The van der Waals surface area contributed by atoms with Crippen LogP contribution >= 0.6 is 33.8 Å². The van der Waals surface area contributed by atoms with Crippen molar-refractivity contribution >= 4 is 53.3 Å². The molecule has 1 N–H and O–H groups in total. The van der Waals surface area contributed by atoms with Crippen LogP contribution in [0.4, 0.5) is 5.13 Å². The average Bonchev–Trinajstić information content (AvgIpc) is 2.81. The fraction of sp³-hybridized carbons (Fsp3) is 0.600. The molecule has 25 heavy (non-hydrogen) atoms. The lowest BCUT2D eigenvalue weighted by molar-refractivity contribution is 0.906. The minimum absolute atomic E-state index is 0.899. The van der Waals surface area contributed by atoms with Crippen molar-refractivity contribution in [1.82, 2.24) is 20.2 Å². The van der Waals surface area contributed by atoms with Gasteiger partial charge in [-0.1, -0.05) is 50.6 Å². The van der Waals surface area contributed by atoms with Gasteiger partial charge in [0.15, 0.2) is 9.50 Å². The quantitative estimate of drug-likeness (QED) is 0.493. The summed E-state index contributed by atoms with van der Waals surface area (Å²) in [7, 11) is -0.388. The number of nitrogens with zero attached hydrogens (tertiary/aromatic N) is 4. The van der Waals surface area contributed by atoms with Crippen molar-refractivity contribution in [2.75, 3.05) is 12.4 Å². The van der Waals surface area contributed by atoms with E-state index in [0.29, 0.717) is 0 Å². The van der Waals surface area contributed by atoms with Crippen LogP contribution in [0.25, 0.3) is 0 Å². The minimum atomic E-state index is -1.15. The molecule has 0 bridgehead atoms. The molecular weight excluding hydrogens is 403 g/mol. The summed E-state index contributed by atoms with van der Waals surface area (Å²) in [5.41, 5.74) is 2.13. The lowest BCUT2D eigenvalue weighted by Crippen LogP contribution is -2.14. The van der Waals surface area contributed by atoms with E-state index >= 15 is 0 Å². The molecule has 0 saturated heterocycles. The van der Waals surface area contributed by atoms with E-state index in [1.807, 2.05) is 49.4 Å². The predicted octanol–water partition coefficient (Wildman–Crippen LogP) is 5.53. The molecular formula is C15H29N5S3Si2. The van der Waals surface area contributed by atoms with Crippen molar-refractivity contribution in [3.63, 3.8) is 0 Å². The predicted molar refractivity (Wildman–Crippen MR) is 119 cm³/mol. The highest BCUT2D eigenvalue weighted by Gasteiger charge is 2.18. The summed E-state index contributed by atoms with van der Waals surface area (Å²) >= 11 is 5.35. The number of hydrogen-bond acceptors (Lipinski definition) is 8. The van der Waals surface area contributed by atoms with E-state index in [1.165, 1.54) is 0 Å². The summed E-state index contributed by atoms with van der Waals surface area (Å²) in [6.45, 7) is 17.9. The molecule has 2 aromatic rings. The smallest absolute Gasteiger partial charge is 0.206 e. The van der Waals surface area contributed by atoms with Crippen LogP contribution in [-0.4, -0.2) is 41.7 Å². The van der Waals surface area contributed by atoms with Gasteiger partial charge in [-0.15, -0.1) is 32.6 Å². The molecule has 0 aliphatic heterocycles. The van der Waals surface area contributed by atoms with Crippen molar-refractivity contribution in [3.8, 4) is 0 Å². The van der Waals surface area contributed by atoms with Crippen LogP contribution in [0, 0.1) is 13.8 Å². The molecule has 10 heteroatoms. The zero-order valence-electron chi connectivity index (χ0n) is 16.6. The van der Waals surface area contributed by atoms with Crippen molar-refractivity contribution in [2.45, 2.75) is 62.6 Å². The van der Waals surface area contributed by atoms with Gasteiger partial charge < -0.3 is 5.32 Å². The molecule has 2 aromatic heterocycles. The van der Waals surface area contributed by atoms with Crippen LogP contribution in [0.2, 0.25) is 39.3 Å². The highest BCUT2D eigenvalue weighted by Crippen LogP contribution is 2.32. The molecule has 0 atom stereocenters. The summed E-state index contributed by atoms with van der Waals surface area (Å²) in [5, 5.41) is 12.9. The lowest BCUT2D eigenvalue weighted by atomic mass is 10.4. The minimum Gasteiger partial charge on any atom is -0.363 e. The van der Waals surface area contributed by atoms with Crippen molar-refractivity contribution in [1.29, 1.82) is 0 Å². The fourth-order valence-corrected chi connectivity index (χ4v) is 10.2. The highest BCUT2D eigenvalue weighted by molar-refractivity contribution is 8.29. The van der Waals surface area contributed by atoms with Crippen LogP contribution in [0.3, 0.4) is 0 Å². The Balaban J connectivity index is 0.000000251. The van der Waals surface area contributed by atoms with Gasteiger partial charge in [-0.2, -0.15) is 0 Å². The Bertz CT molecular complexity index is 660. The molecule has 0 aliphatic rings. The number of nitrogens with one attached hydrogen (secondary N) is 1. The Morgan fingerprint density at radius 1 is 0.880 bits per heavy atom. The van der Waals surface area contributed by atoms with Crippen molar-refractivity contribution in [3.05, 3.63) is 17.5 Å². The largest absolute Gasteiger partial charge is 0.363 e. The molecule has 0 fully saturated rings. The maximum absolute atomic E-state index is 4.41. The van der Waals surface area contributed by atoms with Gasteiger partial charge >= 0.3 is 0 Å². The molecule has 0 unspecified atom stereocenters. The van der Waals surface area contributed by atoms with E-state index in [4.69, 9.17) is 0 Å². The van der Waals surface area contributed by atoms with Crippen molar-refractivity contribution in [2.24, 2.45) is 0 Å². The van der Waals surface area contributed by atoms with E-state index in [0.717, 1.165) is 26.0 Å². The van der Waals surface area contributed by atoms with Gasteiger partial charge in [0.25, 0.3) is 0 Å². The van der Waals surface area contributed by atoms with Crippen LogP contribution in [0.15, 0.2) is 15.6 Å². The Morgan fingerprint density at radius 3 is 1.80 bits per heavy atom. The standard InChI is InChI=1S/C9H16N2SSi.C6H13N3S2Si/c1-7-6-8(2)11-9(10-7)12-13(3,4)5;1-7-5-8-9-6(10-5)11-12(2,3)4/h6H,1-5H3;1-4H3,(H,7,8). The zero-order valence-corrected chi connectivity index (χ0v) is 21.0. The third-order valence-electron chi connectivity index (χ3n) is 2.37. The highest BCUT2D eigenvalue weighted by atomic mass is 32.4. The Labute approximate surface area is 165 Å². The lowest BCUT2D eigenvalue weighted by Gasteiger charge is -2.13. The molecule has 0 spiro atoms. The third-order valence-corrected chi connectivity index (χ3v) is 10.7. The normalized spacial score (nSPS) is 11.7. The zero-order chi connectivity index (χ0) is 19.3. The maximum Gasteiger partial charge on any atom is 0.206 e. The summed E-state index contributed by atoms with van der Waals surface area (Å²) < 4.78 is 1.08. The summed E-state index contributed by atoms with van der Waals surface area (Å²) in [5.74, 6) is 0. The summed E-state index contributed by atoms with van der Waals surface area (Å²) in [4.78, 5) is 8.81. The van der Waals surface area contributed by atoms with Gasteiger partial charge in [-0.25, -0.2) is 9.97 Å². The van der Waals surface area contributed by atoms with Gasteiger partial charge in [0.1, 0.15) is 14.4 Å². The first-order chi connectivity index (χ1) is 11.4. The van der Waals surface area contributed by atoms with Gasteiger partial charge in [0.05, 0.1) is 0 Å². The molecule has 0 amide bonds. The molecule has 5 nitrogen and oxygen atoms in total. The topological polar surface area (TPSA) is 63.6 Å². The summed E-state index contributed by atoms with van der Waals surface area (Å²) in [6.07, 6.45) is 0. The van der Waals surface area contributed by atoms with Gasteiger partial charge in [-0.05, 0) is 19.9 Å². The van der Waals surface area contributed by atoms with E-state index in [1.54, 1.807) is 11.3 Å². The fourth-order valence-electron chi connectivity index (χ4n) is 1.63. The van der Waals surface area contributed by atoms with E-state index in [2.05, 4.69) is 64.8 Å². The van der Waals surface area contributed by atoms with Crippen LogP contribution in [0.5, 0.6) is 0 Å². The molecule has 0 saturated carbocycles. The molecule has 2 rings (SSSR count). The van der Waals surface area contributed by atoms with E-state index < -0.39 is 14.4 Å². The first kappa shape index (κ1) is 22.6. The second-order valence-corrected chi connectivity index (χ2v) is 26.9. The second kappa shape index (κ2) is 9.49. The van der Waals surface area contributed by atoms with Crippen LogP contribution in [0.1, 0.15) is 11.4 Å². The van der Waals surface area contributed by atoms with Gasteiger partial charge in [0, 0.05) is 18.4 Å². The number of aryl methyl sites for hydroxylation is 2. The molecule has 2 heterocycles. The third kappa shape index (κ3) is 10.3. The number of hydrogen-bond donors (Lipinski definition) is 1. The first-order valence-electron chi connectivity index (χ1n) is 8.09. The molecule has 0 radical (unpaired) electrons. The Morgan fingerprint density at radius 2 is 1.40 bits per heavy atom. The number of rotatable bonds is 5. The second-order valence-electron chi connectivity index (χ2n) is 7.49. The molecule has 0 aliphatic carbocycles. The average molecular weight is 432 g/mol. The van der Waals surface area contributed by atoms with Gasteiger partial charge in [-0.3, -0.25) is 0 Å². The van der Waals surface area contributed by atoms with Crippen LogP contribution in [-0.2, 0) is 0 Å². The molecule has 0 aromatic carbocycles. The Hall–Kier alpha value is -0.426. The van der Waals surface area contributed by atoms with Gasteiger partial charge in [0.2, 0.25) is 5.13 Å². The number of aromatic nitrogens is 4. The number of anilines is 1. The Kier molecular flexibility index (Phi) is 8.59.